The smallest absolute Gasteiger partial charge is 0.379 e. The molecule has 0 aliphatic carbocycles. The van der Waals surface area contributed by atoms with E-state index in [-0.39, 0.29) is 35.9 Å². The summed E-state index contributed by atoms with van der Waals surface area (Å²) in [5, 5.41) is 1.95. The lowest BCUT2D eigenvalue weighted by Gasteiger charge is -2.48. The fraction of sp³-hybridized carbons (Fsp3) is 0.611. The van der Waals surface area contributed by atoms with Crippen molar-refractivity contribution >= 4 is 16.9 Å². The van der Waals surface area contributed by atoms with Crippen LogP contribution >= 0.6 is 11.8 Å². The number of hydrogen-bond acceptors (Lipinski definition) is 5. The molecule has 3 rings (SSSR count). The molecule has 0 amide bonds. The second-order valence-electron chi connectivity index (χ2n) is 7.18. The maximum atomic E-state index is 14.8. The standard InChI is InChI=1S/C18H22F5N3OS/c1-10-4-13-15(6-19)28-16(24)26-17(13,9-27-10)12-5-11(2-3-14(12)20)7-25-8-18(21,22)23/h2-3,5,10,13,15,25H,4,6-9H2,1H3,(H2,24,26)/t10-,13-,15+,17+/m0/s1. The lowest BCUT2D eigenvalue weighted by atomic mass is 9.72. The molecule has 1 saturated heterocycles. The van der Waals surface area contributed by atoms with Crippen molar-refractivity contribution in [3.05, 3.63) is 35.1 Å². The zero-order valence-corrected chi connectivity index (χ0v) is 16.0. The van der Waals surface area contributed by atoms with Crippen LogP contribution in [0.1, 0.15) is 24.5 Å². The van der Waals surface area contributed by atoms with E-state index in [1.54, 1.807) is 0 Å². The first kappa shape index (κ1) is 21.3. The quantitative estimate of drug-likeness (QED) is 0.712. The molecular formula is C18H22F5N3OS. The monoisotopic (exact) mass is 423 g/mol. The third kappa shape index (κ3) is 4.44. The van der Waals surface area contributed by atoms with Gasteiger partial charge in [-0.05, 0) is 31.0 Å². The molecule has 0 saturated carbocycles. The fourth-order valence-corrected chi connectivity index (χ4v) is 4.96. The van der Waals surface area contributed by atoms with E-state index in [4.69, 9.17) is 10.5 Å². The minimum absolute atomic E-state index is 0.0347. The van der Waals surface area contributed by atoms with Crippen LogP contribution in [0.5, 0.6) is 0 Å². The predicted octanol–water partition coefficient (Wildman–Crippen LogP) is 3.50. The van der Waals surface area contributed by atoms with Gasteiger partial charge in [0, 0.05) is 23.3 Å². The molecule has 2 aliphatic rings. The fourth-order valence-electron chi connectivity index (χ4n) is 3.87. The third-order valence-electron chi connectivity index (χ3n) is 5.12. The average molecular weight is 423 g/mol. The van der Waals surface area contributed by atoms with E-state index in [0.29, 0.717) is 12.0 Å². The number of nitrogens with zero attached hydrogens (tertiary/aromatic N) is 1. The van der Waals surface area contributed by atoms with Crippen molar-refractivity contribution in [1.82, 2.24) is 5.32 Å². The van der Waals surface area contributed by atoms with Crippen molar-refractivity contribution in [2.75, 3.05) is 19.8 Å². The molecule has 0 unspecified atom stereocenters. The molecule has 0 radical (unpaired) electrons. The van der Waals surface area contributed by atoms with E-state index in [2.05, 4.69) is 10.3 Å². The number of amidine groups is 1. The first-order valence-electron chi connectivity index (χ1n) is 8.90. The van der Waals surface area contributed by atoms with Crippen LogP contribution in [0, 0.1) is 11.7 Å². The van der Waals surface area contributed by atoms with E-state index in [1.807, 2.05) is 6.92 Å². The van der Waals surface area contributed by atoms with Crippen molar-refractivity contribution in [2.24, 2.45) is 16.6 Å². The second kappa shape index (κ2) is 8.16. The van der Waals surface area contributed by atoms with E-state index >= 15 is 0 Å². The Balaban J connectivity index is 1.96. The number of aliphatic imine (C=N–C) groups is 1. The van der Waals surface area contributed by atoms with Crippen LogP contribution in [-0.2, 0) is 16.8 Å². The van der Waals surface area contributed by atoms with Gasteiger partial charge in [0.2, 0.25) is 0 Å². The highest BCUT2D eigenvalue weighted by Gasteiger charge is 2.52. The number of nitrogens with two attached hydrogens (primary N) is 1. The number of halogens is 5. The summed E-state index contributed by atoms with van der Waals surface area (Å²) in [6.45, 7) is 0.00582. The van der Waals surface area contributed by atoms with Crippen molar-refractivity contribution in [3.8, 4) is 0 Å². The van der Waals surface area contributed by atoms with Crippen molar-refractivity contribution < 1.29 is 26.7 Å². The highest BCUT2D eigenvalue weighted by molar-refractivity contribution is 8.14. The first-order valence-corrected chi connectivity index (χ1v) is 9.78. The van der Waals surface area contributed by atoms with Gasteiger partial charge in [0.25, 0.3) is 0 Å². The molecule has 10 heteroatoms. The first-order chi connectivity index (χ1) is 13.1. The molecule has 1 aromatic carbocycles. The summed E-state index contributed by atoms with van der Waals surface area (Å²) in [6, 6.07) is 4.09. The third-order valence-corrected chi connectivity index (χ3v) is 6.21. The predicted molar refractivity (Wildman–Crippen MR) is 98.3 cm³/mol. The van der Waals surface area contributed by atoms with E-state index in [0.717, 1.165) is 11.8 Å². The molecule has 156 valence electrons. The normalized spacial score (nSPS) is 30.6. The van der Waals surface area contributed by atoms with Gasteiger partial charge in [0.05, 0.1) is 19.3 Å². The van der Waals surface area contributed by atoms with Gasteiger partial charge in [-0.3, -0.25) is 0 Å². The summed E-state index contributed by atoms with van der Waals surface area (Å²) in [5.74, 6) is -0.907. The lowest BCUT2D eigenvalue weighted by molar-refractivity contribution is -0.125. The zero-order chi connectivity index (χ0) is 20.5. The minimum Gasteiger partial charge on any atom is -0.379 e. The van der Waals surface area contributed by atoms with Crippen LogP contribution in [0.25, 0.3) is 0 Å². The molecule has 4 atom stereocenters. The van der Waals surface area contributed by atoms with E-state index < -0.39 is 36.0 Å². The number of thioether (sulfide) groups is 1. The molecule has 0 bridgehead atoms. The Morgan fingerprint density at radius 1 is 1.39 bits per heavy atom. The number of ether oxygens (including phenoxy) is 1. The van der Waals surface area contributed by atoms with Crippen LogP contribution in [0.15, 0.2) is 23.2 Å². The molecule has 3 N–H and O–H groups in total. The Morgan fingerprint density at radius 3 is 2.82 bits per heavy atom. The molecule has 2 aliphatic heterocycles. The number of hydrogen-bond donors (Lipinski definition) is 2. The Bertz CT molecular complexity index is 744. The largest absolute Gasteiger partial charge is 0.401 e. The highest BCUT2D eigenvalue weighted by Crippen LogP contribution is 2.50. The van der Waals surface area contributed by atoms with Gasteiger partial charge in [-0.15, -0.1) is 0 Å². The van der Waals surface area contributed by atoms with Gasteiger partial charge in [0.1, 0.15) is 18.0 Å². The Labute approximate surface area is 164 Å². The maximum absolute atomic E-state index is 14.8. The van der Waals surface area contributed by atoms with Crippen molar-refractivity contribution in [3.63, 3.8) is 0 Å². The highest BCUT2D eigenvalue weighted by atomic mass is 32.2. The zero-order valence-electron chi connectivity index (χ0n) is 15.2. The number of rotatable bonds is 5. The molecule has 2 heterocycles. The molecule has 0 aromatic heterocycles. The van der Waals surface area contributed by atoms with Gasteiger partial charge in [0.15, 0.2) is 5.17 Å². The molecule has 0 spiro atoms. The van der Waals surface area contributed by atoms with Gasteiger partial charge in [-0.25, -0.2) is 13.8 Å². The summed E-state index contributed by atoms with van der Waals surface area (Å²) >= 11 is 1.13. The Kier molecular flexibility index (Phi) is 6.21. The van der Waals surface area contributed by atoms with Gasteiger partial charge in [-0.2, -0.15) is 13.2 Å². The van der Waals surface area contributed by atoms with Crippen LogP contribution in [0.2, 0.25) is 0 Å². The summed E-state index contributed by atoms with van der Waals surface area (Å²) in [6.07, 6.45) is -4.00. The summed E-state index contributed by atoms with van der Waals surface area (Å²) in [4.78, 5) is 4.49. The second-order valence-corrected chi connectivity index (χ2v) is 8.44. The SMILES string of the molecule is C[C@H]1C[C@H]2[C@@H](CF)SC(N)=N[C@@]2(c2cc(CNCC(F)(F)F)ccc2F)CO1. The van der Waals surface area contributed by atoms with E-state index in [1.165, 1.54) is 18.2 Å². The lowest BCUT2D eigenvalue weighted by Crippen LogP contribution is -2.53. The number of benzene rings is 1. The summed E-state index contributed by atoms with van der Waals surface area (Å²) < 4.78 is 71.4. The molecule has 28 heavy (non-hydrogen) atoms. The minimum atomic E-state index is -4.34. The topological polar surface area (TPSA) is 59.6 Å². The van der Waals surface area contributed by atoms with Crippen molar-refractivity contribution in [1.29, 1.82) is 0 Å². The summed E-state index contributed by atoms with van der Waals surface area (Å²) in [7, 11) is 0. The van der Waals surface area contributed by atoms with Crippen LogP contribution in [0.4, 0.5) is 22.0 Å². The Morgan fingerprint density at radius 2 is 2.14 bits per heavy atom. The molecule has 1 aromatic rings. The van der Waals surface area contributed by atoms with Crippen LogP contribution < -0.4 is 11.1 Å². The number of fused-ring (bicyclic) bond motifs is 1. The summed E-state index contributed by atoms with van der Waals surface area (Å²) in [5.41, 5.74) is 5.37. The molecular weight excluding hydrogens is 401 g/mol. The van der Waals surface area contributed by atoms with Gasteiger partial charge >= 0.3 is 6.18 Å². The van der Waals surface area contributed by atoms with Crippen LogP contribution in [0.3, 0.4) is 0 Å². The molecule has 1 fully saturated rings. The number of alkyl halides is 4. The van der Waals surface area contributed by atoms with Crippen molar-refractivity contribution in [2.45, 2.75) is 43.0 Å². The van der Waals surface area contributed by atoms with E-state index in [9.17, 15) is 22.0 Å². The van der Waals surface area contributed by atoms with Gasteiger partial charge in [-0.1, -0.05) is 17.8 Å². The van der Waals surface area contributed by atoms with Gasteiger partial charge < -0.3 is 15.8 Å². The maximum Gasteiger partial charge on any atom is 0.401 e. The average Bonchev–Trinajstić information content (AvgIpc) is 2.62. The van der Waals surface area contributed by atoms with Crippen LogP contribution in [-0.4, -0.2) is 42.5 Å². The molecule has 4 nitrogen and oxygen atoms in total. The number of nitrogens with one attached hydrogen (secondary N) is 1. The Hall–Kier alpha value is -1.39.